The Morgan fingerprint density at radius 1 is 0.958 bits per heavy atom. The van der Waals surface area contributed by atoms with Gasteiger partial charge in [0.2, 0.25) is 0 Å². The van der Waals surface area contributed by atoms with E-state index in [2.05, 4.69) is 5.32 Å². The molecule has 1 fully saturated rings. The van der Waals surface area contributed by atoms with E-state index >= 15 is 0 Å². The van der Waals surface area contributed by atoms with E-state index in [9.17, 15) is 14.9 Å². The maximum atomic E-state index is 12.3. The summed E-state index contributed by atoms with van der Waals surface area (Å²) in [4.78, 5) is 22.4. The number of hydrogen-bond donors (Lipinski definition) is 1. The van der Waals surface area contributed by atoms with Gasteiger partial charge < -0.3 is 5.32 Å². The number of rotatable bonds is 4. The Morgan fingerprint density at radius 2 is 1.58 bits per heavy atom. The number of benzene rings is 2. The minimum Gasteiger partial charge on any atom is -0.322 e. The summed E-state index contributed by atoms with van der Waals surface area (Å²) in [7, 11) is 0. The van der Waals surface area contributed by atoms with Gasteiger partial charge in [-0.2, -0.15) is 0 Å². The van der Waals surface area contributed by atoms with Crippen molar-refractivity contribution in [2.45, 2.75) is 38.0 Å². The molecule has 124 valence electrons. The Balaban J connectivity index is 1.65. The molecule has 1 aliphatic rings. The minimum absolute atomic E-state index is 0.00448. The molecule has 0 unspecified atom stereocenters. The molecule has 0 bridgehead atoms. The Bertz CT molecular complexity index is 717. The molecule has 5 nitrogen and oxygen atoms in total. The molecule has 24 heavy (non-hydrogen) atoms. The Morgan fingerprint density at radius 3 is 2.17 bits per heavy atom. The fraction of sp³-hybridized carbons (Fsp3) is 0.316. The quantitative estimate of drug-likeness (QED) is 0.642. The molecule has 3 rings (SSSR count). The standard InChI is InChI=1S/C19H20N2O3/c22-19(20-17-10-12-18(13-11-17)21(23)24)16-8-6-15(7-9-16)14-4-2-1-3-5-14/h6-14H,1-5H2,(H,20,22). The van der Waals surface area contributed by atoms with Crippen LogP contribution in [0.2, 0.25) is 0 Å². The fourth-order valence-electron chi connectivity index (χ4n) is 3.21. The molecule has 0 spiro atoms. The zero-order valence-electron chi connectivity index (χ0n) is 13.4. The topological polar surface area (TPSA) is 72.2 Å². The number of amides is 1. The molecule has 0 atom stereocenters. The van der Waals surface area contributed by atoms with Crippen LogP contribution < -0.4 is 5.32 Å². The van der Waals surface area contributed by atoms with E-state index in [4.69, 9.17) is 0 Å². The molecule has 0 aromatic heterocycles. The molecule has 2 aromatic carbocycles. The van der Waals surface area contributed by atoms with Crippen molar-refractivity contribution in [3.8, 4) is 0 Å². The van der Waals surface area contributed by atoms with Crippen molar-refractivity contribution in [3.05, 3.63) is 69.8 Å². The van der Waals surface area contributed by atoms with Crippen LogP contribution in [-0.4, -0.2) is 10.8 Å². The summed E-state index contributed by atoms with van der Waals surface area (Å²) in [5.41, 5.74) is 2.45. The van der Waals surface area contributed by atoms with Gasteiger partial charge in [0, 0.05) is 23.4 Å². The van der Waals surface area contributed by atoms with Crippen molar-refractivity contribution in [1.29, 1.82) is 0 Å². The van der Waals surface area contributed by atoms with Gasteiger partial charge in [0.15, 0.2) is 0 Å². The minimum atomic E-state index is -0.463. The van der Waals surface area contributed by atoms with Crippen LogP contribution in [0.25, 0.3) is 0 Å². The van der Waals surface area contributed by atoms with Crippen molar-refractivity contribution in [1.82, 2.24) is 0 Å². The summed E-state index contributed by atoms with van der Waals surface area (Å²) in [5.74, 6) is 0.407. The van der Waals surface area contributed by atoms with Crippen molar-refractivity contribution in [3.63, 3.8) is 0 Å². The average molecular weight is 324 g/mol. The number of anilines is 1. The van der Waals surface area contributed by atoms with Crippen LogP contribution in [0.15, 0.2) is 48.5 Å². The molecular formula is C19H20N2O3. The number of carbonyl (C=O) groups excluding carboxylic acids is 1. The molecule has 2 aromatic rings. The van der Waals surface area contributed by atoms with Crippen LogP contribution in [0, 0.1) is 10.1 Å². The second-order valence-corrected chi connectivity index (χ2v) is 6.22. The highest BCUT2D eigenvalue weighted by Gasteiger charge is 2.16. The lowest BCUT2D eigenvalue weighted by atomic mass is 9.84. The summed E-state index contributed by atoms with van der Waals surface area (Å²) < 4.78 is 0. The van der Waals surface area contributed by atoms with E-state index in [-0.39, 0.29) is 11.6 Å². The summed E-state index contributed by atoms with van der Waals surface area (Å²) in [5, 5.41) is 13.4. The zero-order valence-corrected chi connectivity index (χ0v) is 13.4. The Hall–Kier alpha value is -2.69. The van der Waals surface area contributed by atoms with Gasteiger partial charge in [-0.1, -0.05) is 31.4 Å². The van der Waals surface area contributed by atoms with Gasteiger partial charge in [-0.25, -0.2) is 0 Å². The predicted molar refractivity (Wildman–Crippen MR) is 93.3 cm³/mol. The summed E-state index contributed by atoms with van der Waals surface area (Å²) in [6.45, 7) is 0. The number of hydrogen-bond acceptors (Lipinski definition) is 3. The number of nitro groups is 1. The molecule has 1 aliphatic carbocycles. The third-order valence-electron chi connectivity index (χ3n) is 4.59. The SMILES string of the molecule is O=C(Nc1ccc([N+](=O)[O-])cc1)c1ccc(C2CCCCC2)cc1. The highest BCUT2D eigenvalue weighted by molar-refractivity contribution is 6.04. The van der Waals surface area contributed by atoms with Gasteiger partial charge in [-0.3, -0.25) is 14.9 Å². The third-order valence-corrected chi connectivity index (χ3v) is 4.59. The van der Waals surface area contributed by atoms with Crippen molar-refractivity contribution < 1.29 is 9.72 Å². The number of carbonyl (C=O) groups is 1. The van der Waals surface area contributed by atoms with Gasteiger partial charge >= 0.3 is 0 Å². The number of non-ortho nitro benzene ring substituents is 1. The van der Waals surface area contributed by atoms with Gasteiger partial charge in [0.1, 0.15) is 0 Å². The van der Waals surface area contributed by atoms with Crippen LogP contribution in [0.4, 0.5) is 11.4 Å². The largest absolute Gasteiger partial charge is 0.322 e. The number of nitrogens with zero attached hydrogens (tertiary/aromatic N) is 1. The predicted octanol–water partition coefficient (Wildman–Crippen LogP) is 4.89. The normalized spacial score (nSPS) is 15.0. The van der Waals surface area contributed by atoms with E-state index in [0.29, 0.717) is 17.2 Å². The second kappa shape index (κ2) is 7.25. The first kappa shape index (κ1) is 16.2. The van der Waals surface area contributed by atoms with Crippen LogP contribution in [0.3, 0.4) is 0 Å². The molecule has 1 saturated carbocycles. The van der Waals surface area contributed by atoms with Gasteiger partial charge in [-0.15, -0.1) is 0 Å². The van der Waals surface area contributed by atoms with Gasteiger partial charge in [-0.05, 0) is 48.6 Å². The first-order chi connectivity index (χ1) is 11.6. The van der Waals surface area contributed by atoms with Crippen molar-refractivity contribution in [2.24, 2.45) is 0 Å². The van der Waals surface area contributed by atoms with Gasteiger partial charge in [0.05, 0.1) is 4.92 Å². The summed E-state index contributed by atoms with van der Waals surface area (Å²) >= 11 is 0. The van der Waals surface area contributed by atoms with E-state index in [1.54, 1.807) is 0 Å². The van der Waals surface area contributed by atoms with Crippen LogP contribution >= 0.6 is 0 Å². The fourth-order valence-corrected chi connectivity index (χ4v) is 3.21. The molecule has 0 aliphatic heterocycles. The average Bonchev–Trinajstić information content (AvgIpc) is 2.63. The number of nitrogens with one attached hydrogen (secondary N) is 1. The van der Waals surface area contributed by atoms with Crippen LogP contribution in [-0.2, 0) is 0 Å². The first-order valence-electron chi connectivity index (χ1n) is 8.29. The molecule has 0 saturated heterocycles. The van der Waals surface area contributed by atoms with Crippen molar-refractivity contribution >= 4 is 17.3 Å². The highest BCUT2D eigenvalue weighted by atomic mass is 16.6. The monoisotopic (exact) mass is 324 g/mol. The smallest absolute Gasteiger partial charge is 0.269 e. The van der Waals surface area contributed by atoms with Gasteiger partial charge in [0.25, 0.3) is 11.6 Å². The van der Waals surface area contributed by atoms with E-state index in [0.717, 1.165) is 0 Å². The molecule has 1 N–H and O–H groups in total. The van der Waals surface area contributed by atoms with E-state index < -0.39 is 4.92 Å². The second-order valence-electron chi connectivity index (χ2n) is 6.22. The Kier molecular flexibility index (Phi) is 4.89. The lowest BCUT2D eigenvalue weighted by molar-refractivity contribution is -0.384. The van der Waals surface area contributed by atoms with Crippen LogP contribution in [0.5, 0.6) is 0 Å². The Labute approximate surface area is 140 Å². The van der Waals surface area contributed by atoms with Crippen molar-refractivity contribution in [2.75, 3.05) is 5.32 Å². The van der Waals surface area contributed by atoms with E-state index in [1.807, 2.05) is 24.3 Å². The molecule has 0 heterocycles. The van der Waals surface area contributed by atoms with Crippen LogP contribution in [0.1, 0.15) is 53.9 Å². The molecular weight excluding hydrogens is 304 g/mol. The first-order valence-corrected chi connectivity index (χ1v) is 8.29. The summed E-state index contributed by atoms with van der Waals surface area (Å²) in [6, 6.07) is 13.6. The maximum Gasteiger partial charge on any atom is 0.269 e. The zero-order chi connectivity index (χ0) is 16.9. The lowest BCUT2D eigenvalue weighted by Gasteiger charge is -2.22. The highest BCUT2D eigenvalue weighted by Crippen LogP contribution is 2.32. The number of nitro benzene ring substituents is 1. The molecule has 0 radical (unpaired) electrons. The lowest BCUT2D eigenvalue weighted by Crippen LogP contribution is -2.12. The molecule has 1 amide bonds. The summed E-state index contributed by atoms with van der Waals surface area (Å²) in [6.07, 6.45) is 6.36. The van der Waals surface area contributed by atoms with E-state index in [1.165, 1.54) is 61.9 Å². The maximum absolute atomic E-state index is 12.3. The third kappa shape index (κ3) is 3.79. The molecule has 5 heteroatoms.